The molecule has 1 unspecified atom stereocenters. The minimum absolute atomic E-state index is 0.0369. The molecule has 0 saturated heterocycles. The zero-order valence-electron chi connectivity index (χ0n) is 13.3. The summed E-state index contributed by atoms with van der Waals surface area (Å²) < 4.78 is 5.65. The number of para-hydroxylation sites is 1. The van der Waals surface area contributed by atoms with Gasteiger partial charge in [-0.25, -0.2) is 0 Å². The third-order valence-corrected chi connectivity index (χ3v) is 3.86. The molecular weight excluding hydrogens is 312 g/mol. The van der Waals surface area contributed by atoms with Gasteiger partial charge in [-0.1, -0.05) is 29.8 Å². The number of hydrogen-bond donors (Lipinski definition) is 1. The van der Waals surface area contributed by atoms with Crippen LogP contribution >= 0.6 is 11.6 Å². The summed E-state index contributed by atoms with van der Waals surface area (Å²) in [6.07, 6.45) is 0. The van der Waals surface area contributed by atoms with Crippen molar-refractivity contribution < 1.29 is 9.53 Å². The number of anilines is 1. The largest absolute Gasteiger partial charge is 0.492 e. The number of likely N-dealkylation sites (N-methyl/N-ethyl adjacent to an activating group) is 1. The van der Waals surface area contributed by atoms with Gasteiger partial charge in [-0.05, 0) is 50.4 Å². The first-order valence-corrected chi connectivity index (χ1v) is 7.88. The van der Waals surface area contributed by atoms with Gasteiger partial charge in [0.25, 0.3) is 0 Å². The van der Waals surface area contributed by atoms with Crippen LogP contribution in [0.15, 0.2) is 54.6 Å². The molecule has 2 aromatic carbocycles. The highest BCUT2D eigenvalue weighted by Gasteiger charge is 2.17. The average molecular weight is 333 g/mol. The number of benzene rings is 2. The second-order valence-corrected chi connectivity index (χ2v) is 5.75. The van der Waals surface area contributed by atoms with Crippen LogP contribution in [0.5, 0.6) is 5.75 Å². The second-order valence-electron chi connectivity index (χ2n) is 5.31. The van der Waals surface area contributed by atoms with Gasteiger partial charge in [0.2, 0.25) is 5.91 Å². The minimum atomic E-state index is -0.246. The zero-order chi connectivity index (χ0) is 16.7. The topological polar surface area (TPSA) is 41.6 Å². The van der Waals surface area contributed by atoms with E-state index < -0.39 is 0 Å². The lowest BCUT2D eigenvalue weighted by atomic mass is 10.2. The quantitative estimate of drug-likeness (QED) is 0.841. The maximum atomic E-state index is 12.2. The molecule has 23 heavy (non-hydrogen) atoms. The Labute approximate surface area is 142 Å². The summed E-state index contributed by atoms with van der Waals surface area (Å²) >= 11 is 5.83. The minimum Gasteiger partial charge on any atom is -0.492 e. The molecule has 0 spiro atoms. The Morgan fingerprint density at radius 2 is 1.83 bits per heavy atom. The lowest BCUT2D eigenvalue weighted by Crippen LogP contribution is -2.41. The van der Waals surface area contributed by atoms with Crippen LogP contribution in [0.4, 0.5) is 5.69 Å². The third kappa shape index (κ3) is 5.58. The monoisotopic (exact) mass is 332 g/mol. The van der Waals surface area contributed by atoms with Gasteiger partial charge in [-0.15, -0.1) is 0 Å². The number of nitrogens with one attached hydrogen (secondary N) is 1. The number of amides is 1. The van der Waals surface area contributed by atoms with Crippen LogP contribution < -0.4 is 10.1 Å². The molecule has 4 nitrogen and oxygen atoms in total. The molecule has 0 aliphatic rings. The Balaban J connectivity index is 1.76. The van der Waals surface area contributed by atoms with Crippen molar-refractivity contribution in [1.82, 2.24) is 4.90 Å². The highest BCUT2D eigenvalue weighted by molar-refractivity contribution is 6.30. The third-order valence-electron chi connectivity index (χ3n) is 3.61. The molecule has 2 aromatic rings. The smallest absolute Gasteiger partial charge is 0.241 e. The molecule has 0 radical (unpaired) electrons. The Kier molecular flexibility index (Phi) is 6.44. The Morgan fingerprint density at radius 1 is 1.17 bits per heavy atom. The van der Waals surface area contributed by atoms with E-state index in [1.807, 2.05) is 61.3 Å². The fourth-order valence-corrected chi connectivity index (χ4v) is 2.13. The first-order valence-electron chi connectivity index (χ1n) is 7.51. The van der Waals surface area contributed by atoms with Crippen LogP contribution in [0.25, 0.3) is 0 Å². The first kappa shape index (κ1) is 17.3. The van der Waals surface area contributed by atoms with Gasteiger partial charge in [0.05, 0.1) is 6.04 Å². The Bertz CT molecular complexity index is 617. The van der Waals surface area contributed by atoms with E-state index in [0.717, 1.165) is 11.4 Å². The van der Waals surface area contributed by atoms with Gasteiger partial charge < -0.3 is 10.1 Å². The molecule has 1 atom stereocenters. The lowest BCUT2D eigenvalue weighted by molar-refractivity contribution is -0.120. The van der Waals surface area contributed by atoms with Gasteiger partial charge in [-0.2, -0.15) is 0 Å². The van der Waals surface area contributed by atoms with Crippen LogP contribution in [0.1, 0.15) is 6.92 Å². The fraction of sp³-hybridized carbons (Fsp3) is 0.278. The SMILES string of the molecule is CC(C(=O)Nc1ccccc1)N(C)CCOc1ccc(Cl)cc1. The molecule has 0 aliphatic carbocycles. The molecule has 1 amide bonds. The number of hydrogen-bond acceptors (Lipinski definition) is 3. The van der Waals surface area contributed by atoms with Crippen LogP contribution in [-0.4, -0.2) is 37.0 Å². The number of nitrogens with zero attached hydrogens (tertiary/aromatic N) is 1. The van der Waals surface area contributed by atoms with E-state index in [0.29, 0.717) is 18.2 Å². The van der Waals surface area contributed by atoms with E-state index in [4.69, 9.17) is 16.3 Å². The molecule has 0 heterocycles. The summed E-state index contributed by atoms with van der Waals surface area (Å²) in [5.74, 6) is 0.731. The standard InChI is InChI=1S/C18H21ClN2O2/c1-14(18(22)20-16-6-4-3-5-7-16)21(2)12-13-23-17-10-8-15(19)9-11-17/h3-11,14H,12-13H2,1-2H3,(H,20,22). The molecule has 0 saturated carbocycles. The van der Waals surface area contributed by atoms with E-state index in [1.54, 1.807) is 12.1 Å². The van der Waals surface area contributed by atoms with Crippen molar-refractivity contribution in [1.29, 1.82) is 0 Å². The Morgan fingerprint density at radius 3 is 2.48 bits per heavy atom. The predicted octanol–water partition coefficient (Wildman–Crippen LogP) is 3.68. The average Bonchev–Trinajstić information content (AvgIpc) is 2.56. The number of rotatable bonds is 7. The van der Waals surface area contributed by atoms with Crippen molar-refractivity contribution in [2.24, 2.45) is 0 Å². The van der Waals surface area contributed by atoms with Gasteiger partial charge in [0.15, 0.2) is 0 Å². The van der Waals surface area contributed by atoms with Crippen molar-refractivity contribution >= 4 is 23.2 Å². The van der Waals surface area contributed by atoms with Gasteiger partial charge in [0.1, 0.15) is 12.4 Å². The number of carbonyl (C=O) groups is 1. The second kappa shape index (κ2) is 8.56. The molecule has 0 aromatic heterocycles. The molecule has 0 fully saturated rings. The van der Waals surface area contributed by atoms with E-state index in [-0.39, 0.29) is 11.9 Å². The highest BCUT2D eigenvalue weighted by Crippen LogP contribution is 2.15. The van der Waals surface area contributed by atoms with Crippen molar-refractivity contribution in [2.75, 3.05) is 25.5 Å². The number of halogens is 1. The van der Waals surface area contributed by atoms with Crippen LogP contribution in [0.3, 0.4) is 0 Å². The molecular formula is C18H21ClN2O2. The number of carbonyl (C=O) groups excluding carboxylic acids is 1. The summed E-state index contributed by atoms with van der Waals surface area (Å²) in [6.45, 7) is 3.02. The van der Waals surface area contributed by atoms with E-state index in [1.165, 1.54) is 0 Å². The van der Waals surface area contributed by atoms with Gasteiger partial charge >= 0.3 is 0 Å². The summed E-state index contributed by atoms with van der Waals surface area (Å²) in [5.41, 5.74) is 0.801. The predicted molar refractivity (Wildman–Crippen MR) is 94.1 cm³/mol. The molecule has 5 heteroatoms. The van der Waals surface area contributed by atoms with Crippen molar-refractivity contribution in [3.63, 3.8) is 0 Å². The molecule has 0 bridgehead atoms. The number of ether oxygens (including phenoxy) is 1. The summed E-state index contributed by atoms with van der Waals surface area (Å²) in [7, 11) is 1.90. The maximum absolute atomic E-state index is 12.2. The van der Waals surface area contributed by atoms with Crippen molar-refractivity contribution in [3.05, 3.63) is 59.6 Å². The lowest BCUT2D eigenvalue weighted by Gasteiger charge is -2.23. The molecule has 0 aliphatic heterocycles. The van der Waals surface area contributed by atoms with E-state index >= 15 is 0 Å². The van der Waals surface area contributed by atoms with Gasteiger partial charge in [-0.3, -0.25) is 9.69 Å². The van der Waals surface area contributed by atoms with E-state index in [2.05, 4.69) is 5.32 Å². The highest BCUT2D eigenvalue weighted by atomic mass is 35.5. The van der Waals surface area contributed by atoms with Gasteiger partial charge in [0, 0.05) is 17.3 Å². The van der Waals surface area contributed by atoms with Crippen LogP contribution in [0.2, 0.25) is 5.02 Å². The first-order chi connectivity index (χ1) is 11.1. The fourth-order valence-electron chi connectivity index (χ4n) is 2.00. The molecule has 1 N–H and O–H groups in total. The van der Waals surface area contributed by atoms with Crippen molar-refractivity contribution in [2.45, 2.75) is 13.0 Å². The maximum Gasteiger partial charge on any atom is 0.241 e. The van der Waals surface area contributed by atoms with Crippen LogP contribution in [0, 0.1) is 0 Å². The Hall–Kier alpha value is -2.04. The molecule has 122 valence electrons. The van der Waals surface area contributed by atoms with E-state index in [9.17, 15) is 4.79 Å². The van der Waals surface area contributed by atoms with Crippen molar-refractivity contribution in [3.8, 4) is 5.75 Å². The zero-order valence-corrected chi connectivity index (χ0v) is 14.1. The van der Waals surface area contributed by atoms with Crippen LogP contribution in [-0.2, 0) is 4.79 Å². The normalized spacial score (nSPS) is 12.0. The summed E-state index contributed by atoms with van der Waals surface area (Å²) in [5, 5.41) is 3.58. The summed E-state index contributed by atoms with van der Waals surface area (Å²) in [4.78, 5) is 14.2. The summed E-state index contributed by atoms with van der Waals surface area (Å²) in [6, 6.07) is 16.4. The molecule has 2 rings (SSSR count).